The predicted molar refractivity (Wildman–Crippen MR) is 151 cm³/mol. The van der Waals surface area contributed by atoms with Crippen molar-refractivity contribution in [2.24, 2.45) is 0 Å². The second kappa shape index (κ2) is 11.3. The number of rotatable bonds is 7. The lowest BCUT2D eigenvalue weighted by atomic mass is 9.90. The minimum atomic E-state index is -0.190. The number of hydrogen-bond acceptors (Lipinski definition) is 8. The molecule has 2 aromatic heterocycles. The van der Waals surface area contributed by atoms with Crippen molar-refractivity contribution in [1.82, 2.24) is 14.8 Å². The Bertz CT molecular complexity index is 1360. The van der Waals surface area contributed by atoms with Crippen LogP contribution in [-0.2, 0) is 4.79 Å². The van der Waals surface area contributed by atoms with Gasteiger partial charge in [-0.05, 0) is 61.4 Å². The molecule has 198 valence electrons. The van der Waals surface area contributed by atoms with Gasteiger partial charge in [-0.1, -0.05) is 29.7 Å². The number of piperidine rings is 1. The molecule has 3 amide bonds. The maximum Gasteiger partial charge on any atom is 0.258 e. The number of carbonyl (C=O) groups excluding carboxylic acids is 3. The number of anilines is 1. The minimum Gasteiger partial charge on any atom is -0.496 e. The standard InChI is InChI=1S/C27H28N4O4S3/c1-4-23(32)31-18-6-5-7-19(31)14-30(13-18)26(34)20-11-22(16(2)10-21(20)35-3)37-24-12-28-27(38-24)29-25(33)17-8-9-36-15-17/h4,8-12,15,18-19H,1,5-7,13-14H2,2-3H3,(H,28,29,33)/t18-,19+. The first-order valence-electron chi connectivity index (χ1n) is 12.3. The highest BCUT2D eigenvalue weighted by molar-refractivity contribution is 8.01. The Labute approximate surface area is 233 Å². The van der Waals surface area contributed by atoms with E-state index in [9.17, 15) is 14.4 Å². The molecule has 8 nitrogen and oxygen atoms in total. The molecule has 2 fully saturated rings. The lowest BCUT2D eigenvalue weighted by Crippen LogP contribution is -2.63. The second-order valence-corrected chi connectivity index (χ2v) is 12.4. The molecule has 0 aliphatic carbocycles. The molecule has 0 saturated carbocycles. The molecule has 3 aromatic rings. The molecular formula is C27H28N4O4S3. The first kappa shape index (κ1) is 26.5. The summed E-state index contributed by atoms with van der Waals surface area (Å²) in [6.45, 7) is 6.62. The summed E-state index contributed by atoms with van der Waals surface area (Å²) >= 11 is 4.35. The summed E-state index contributed by atoms with van der Waals surface area (Å²) in [6, 6.07) is 5.53. The number of hydrogen-bond donors (Lipinski definition) is 1. The molecule has 11 heteroatoms. The van der Waals surface area contributed by atoms with Crippen LogP contribution in [0.5, 0.6) is 5.75 Å². The van der Waals surface area contributed by atoms with Crippen LogP contribution in [0.4, 0.5) is 5.13 Å². The third-order valence-corrected chi connectivity index (χ3v) is 9.72. The number of nitrogens with zero attached hydrogens (tertiary/aromatic N) is 3. The molecule has 2 bridgehead atoms. The van der Waals surface area contributed by atoms with Crippen LogP contribution in [-0.4, -0.2) is 64.8 Å². The van der Waals surface area contributed by atoms with Crippen molar-refractivity contribution in [2.75, 3.05) is 25.5 Å². The molecule has 38 heavy (non-hydrogen) atoms. The number of benzene rings is 1. The zero-order chi connectivity index (χ0) is 26.8. The van der Waals surface area contributed by atoms with Gasteiger partial charge in [0.1, 0.15) is 5.75 Å². The van der Waals surface area contributed by atoms with Crippen molar-refractivity contribution >= 4 is 57.3 Å². The number of fused-ring (bicyclic) bond motifs is 2. The van der Waals surface area contributed by atoms with Crippen LogP contribution in [0.1, 0.15) is 45.5 Å². The molecule has 0 unspecified atom stereocenters. The van der Waals surface area contributed by atoms with Gasteiger partial charge in [-0.2, -0.15) is 11.3 Å². The number of nitrogens with one attached hydrogen (secondary N) is 1. The molecule has 1 N–H and O–H groups in total. The molecular weight excluding hydrogens is 541 g/mol. The molecule has 2 saturated heterocycles. The van der Waals surface area contributed by atoms with Crippen molar-refractivity contribution in [3.8, 4) is 5.75 Å². The van der Waals surface area contributed by atoms with Gasteiger partial charge in [0.15, 0.2) is 5.13 Å². The van der Waals surface area contributed by atoms with Gasteiger partial charge in [-0.15, -0.1) is 0 Å². The summed E-state index contributed by atoms with van der Waals surface area (Å²) in [5.41, 5.74) is 2.07. The zero-order valence-corrected chi connectivity index (χ0v) is 23.6. The highest BCUT2D eigenvalue weighted by Gasteiger charge is 2.41. The Kier molecular flexibility index (Phi) is 7.87. The number of carbonyl (C=O) groups is 3. The molecule has 1 aromatic carbocycles. The van der Waals surface area contributed by atoms with Gasteiger partial charge < -0.3 is 14.5 Å². The van der Waals surface area contributed by atoms with Crippen molar-refractivity contribution in [3.63, 3.8) is 0 Å². The normalized spacial score (nSPS) is 18.7. The first-order chi connectivity index (χ1) is 18.4. The second-order valence-electron chi connectivity index (χ2n) is 9.27. The van der Waals surface area contributed by atoms with E-state index in [0.29, 0.717) is 35.1 Å². The lowest BCUT2D eigenvalue weighted by Gasteiger charge is -2.49. The van der Waals surface area contributed by atoms with Gasteiger partial charge in [0.2, 0.25) is 5.91 Å². The molecule has 4 heterocycles. The van der Waals surface area contributed by atoms with Crippen LogP contribution in [0.25, 0.3) is 0 Å². The van der Waals surface area contributed by atoms with E-state index in [-0.39, 0.29) is 29.8 Å². The molecule has 0 spiro atoms. The zero-order valence-electron chi connectivity index (χ0n) is 21.1. The predicted octanol–water partition coefficient (Wildman–Crippen LogP) is 5.32. The molecule has 2 aliphatic heterocycles. The van der Waals surface area contributed by atoms with Crippen LogP contribution < -0.4 is 10.1 Å². The largest absolute Gasteiger partial charge is 0.496 e. The number of ether oxygens (including phenoxy) is 1. The number of thiophene rings is 1. The molecule has 5 rings (SSSR count). The Balaban J connectivity index is 1.34. The number of methoxy groups -OCH3 is 1. The molecule has 0 radical (unpaired) electrons. The molecule has 2 aliphatic rings. The quantitative estimate of drug-likeness (QED) is 0.388. The number of likely N-dealkylation sites (tertiary alicyclic amines) is 1. The Hall–Kier alpha value is -3.15. The maximum atomic E-state index is 13.8. The average Bonchev–Trinajstić information content (AvgIpc) is 3.60. The number of aromatic nitrogens is 1. The van der Waals surface area contributed by atoms with Crippen LogP contribution >= 0.6 is 34.4 Å². The van der Waals surface area contributed by atoms with E-state index in [1.54, 1.807) is 24.8 Å². The minimum absolute atomic E-state index is 0.00198. The highest BCUT2D eigenvalue weighted by atomic mass is 32.2. The lowest BCUT2D eigenvalue weighted by molar-refractivity contribution is -0.136. The average molecular weight is 569 g/mol. The maximum absolute atomic E-state index is 13.8. The van der Waals surface area contributed by atoms with Crippen LogP contribution in [0.3, 0.4) is 0 Å². The monoisotopic (exact) mass is 568 g/mol. The number of amides is 3. The van der Waals surface area contributed by atoms with E-state index >= 15 is 0 Å². The van der Waals surface area contributed by atoms with Crippen molar-refractivity contribution < 1.29 is 19.1 Å². The van der Waals surface area contributed by atoms with Crippen LogP contribution in [0, 0.1) is 6.92 Å². The fourth-order valence-corrected chi connectivity index (χ4v) is 7.62. The van der Waals surface area contributed by atoms with Crippen molar-refractivity contribution in [3.05, 3.63) is 64.5 Å². The van der Waals surface area contributed by atoms with Crippen molar-refractivity contribution in [2.45, 2.75) is 47.4 Å². The summed E-state index contributed by atoms with van der Waals surface area (Å²) in [7, 11) is 1.57. The fourth-order valence-electron chi connectivity index (χ4n) is 5.05. The van der Waals surface area contributed by atoms with Gasteiger partial charge >= 0.3 is 0 Å². The van der Waals surface area contributed by atoms with Gasteiger partial charge in [0.05, 0.1) is 28.6 Å². The van der Waals surface area contributed by atoms with Gasteiger partial charge in [0, 0.05) is 35.4 Å². The van der Waals surface area contributed by atoms with Crippen molar-refractivity contribution in [1.29, 1.82) is 0 Å². The summed E-state index contributed by atoms with van der Waals surface area (Å²) in [6.07, 6.45) is 5.90. The summed E-state index contributed by atoms with van der Waals surface area (Å²) in [4.78, 5) is 47.6. The summed E-state index contributed by atoms with van der Waals surface area (Å²) in [5.74, 6) is 0.179. The van der Waals surface area contributed by atoms with E-state index in [2.05, 4.69) is 16.9 Å². The van der Waals surface area contributed by atoms with E-state index in [1.807, 2.05) is 34.2 Å². The van der Waals surface area contributed by atoms with E-state index in [4.69, 9.17) is 4.74 Å². The third-order valence-electron chi connectivity index (χ3n) is 6.87. The third kappa shape index (κ3) is 5.36. The van der Waals surface area contributed by atoms with E-state index in [0.717, 1.165) is 33.9 Å². The smallest absolute Gasteiger partial charge is 0.258 e. The van der Waals surface area contributed by atoms with Crippen LogP contribution in [0.15, 0.2) is 56.9 Å². The summed E-state index contributed by atoms with van der Waals surface area (Å²) < 4.78 is 6.50. The summed E-state index contributed by atoms with van der Waals surface area (Å²) in [5, 5.41) is 7.01. The van der Waals surface area contributed by atoms with Gasteiger partial charge in [-0.3, -0.25) is 19.7 Å². The van der Waals surface area contributed by atoms with E-state index < -0.39 is 0 Å². The highest BCUT2D eigenvalue weighted by Crippen LogP contribution is 2.39. The Morgan fingerprint density at radius 1 is 1.24 bits per heavy atom. The molecule has 2 atom stereocenters. The SMILES string of the molecule is C=CC(=O)N1[C@@H]2CCC[C@H]1CN(C(=O)c1cc(Sc3cnc(NC(=O)c4ccsc4)s3)c(C)cc1OC)C2. The number of piperazine rings is 1. The topological polar surface area (TPSA) is 91.8 Å². The van der Waals surface area contributed by atoms with Gasteiger partial charge in [-0.25, -0.2) is 4.98 Å². The van der Waals surface area contributed by atoms with E-state index in [1.165, 1.54) is 40.5 Å². The fraction of sp³-hybridized carbons (Fsp3) is 0.333. The Morgan fingerprint density at radius 2 is 2.00 bits per heavy atom. The van der Waals surface area contributed by atoms with Crippen LogP contribution in [0.2, 0.25) is 0 Å². The Morgan fingerprint density at radius 3 is 2.66 bits per heavy atom. The van der Waals surface area contributed by atoms with Gasteiger partial charge in [0.25, 0.3) is 11.8 Å². The number of aryl methyl sites for hydroxylation is 1. The first-order valence-corrected chi connectivity index (χ1v) is 14.9. The number of thiazole rings is 1.